The van der Waals surface area contributed by atoms with E-state index in [9.17, 15) is 0 Å². The van der Waals surface area contributed by atoms with Crippen LogP contribution in [0.25, 0.3) is 0 Å². The first-order chi connectivity index (χ1) is 9.42. The van der Waals surface area contributed by atoms with Crippen molar-refractivity contribution in [2.75, 3.05) is 12.0 Å². The Morgan fingerprint density at radius 3 is 2.40 bits per heavy atom. The number of aryl methyl sites for hydroxylation is 2. The lowest BCUT2D eigenvalue weighted by Gasteiger charge is -2.21. The zero-order chi connectivity index (χ0) is 15.2. The predicted octanol–water partition coefficient (Wildman–Crippen LogP) is 3.65. The maximum absolute atomic E-state index is 4.84. The fourth-order valence-electron chi connectivity index (χ4n) is 2.37. The quantitative estimate of drug-likeness (QED) is 0.743. The Morgan fingerprint density at radius 1 is 1.20 bits per heavy atom. The van der Waals surface area contributed by atoms with E-state index in [0.29, 0.717) is 0 Å². The van der Waals surface area contributed by atoms with Crippen LogP contribution in [0, 0.1) is 0 Å². The first kappa shape index (κ1) is 17.6. The molecule has 0 aliphatic heterocycles. The minimum atomic E-state index is 0.150. The maximum Gasteiger partial charge on any atom is 0.0669 e. The molecule has 0 spiro atoms. The summed E-state index contributed by atoms with van der Waals surface area (Å²) in [6, 6.07) is 0. The van der Waals surface area contributed by atoms with Crippen molar-refractivity contribution in [3.05, 3.63) is 17.0 Å². The molecule has 1 aromatic rings. The number of nitrogens with zero attached hydrogens (tertiary/aromatic N) is 2. The molecule has 0 bridgehead atoms. The average Bonchev–Trinajstić information content (AvgIpc) is 2.73. The molecule has 0 atom stereocenters. The topological polar surface area (TPSA) is 29.9 Å². The fourth-order valence-corrected chi connectivity index (χ4v) is 2.79. The highest BCUT2D eigenvalue weighted by atomic mass is 32.2. The lowest BCUT2D eigenvalue weighted by Crippen LogP contribution is -2.35. The van der Waals surface area contributed by atoms with E-state index in [-0.39, 0.29) is 5.54 Å². The van der Waals surface area contributed by atoms with Crippen LogP contribution in [0.1, 0.15) is 58.0 Å². The normalized spacial score (nSPS) is 12.1. The number of nitrogens with one attached hydrogen (secondary N) is 1. The molecule has 1 rings (SSSR count). The molecular weight excluding hydrogens is 266 g/mol. The van der Waals surface area contributed by atoms with E-state index in [1.165, 1.54) is 29.1 Å². The van der Waals surface area contributed by atoms with Gasteiger partial charge in [-0.15, -0.1) is 0 Å². The van der Waals surface area contributed by atoms with Gasteiger partial charge in [0.2, 0.25) is 0 Å². The number of aromatic nitrogens is 2. The van der Waals surface area contributed by atoms with E-state index in [1.807, 2.05) is 11.8 Å². The summed E-state index contributed by atoms with van der Waals surface area (Å²) in [7, 11) is 0. The minimum Gasteiger partial charge on any atom is -0.308 e. The van der Waals surface area contributed by atoms with E-state index in [0.717, 1.165) is 25.9 Å². The smallest absolute Gasteiger partial charge is 0.0669 e. The molecule has 0 aliphatic rings. The molecule has 3 nitrogen and oxygen atoms in total. The highest BCUT2D eigenvalue weighted by molar-refractivity contribution is 7.98. The van der Waals surface area contributed by atoms with Crippen LogP contribution >= 0.6 is 11.8 Å². The summed E-state index contributed by atoms with van der Waals surface area (Å²) in [5, 5.41) is 8.45. The molecule has 1 N–H and O–H groups in total. The molecular formula is C16H31N3S. The van der Waals surface area contributed by atoms with Crippen LogP contribution in [-0.2, 0) is 25.9 Å². The Bertz CT molecular complexity index is 405. The summed E-state index contributed by atoms with van der Waals surface area (Å²) >= 11 is 1.91. The largest absolute Gasteiger partial charge is 0.308 e. The van der Waals surface area contributed by atoms with Crippen molar-refractivity contribution in [2.45, 2.75) is 72.5 Å². The second-order valence-corrected chi connectivity index (χ2v) is 7.24. The van der Waals surface area contributed by atoms with Crippen molar-refractivity contribution >= 4 is 11.8 Å². The molecule has 20 heavy (non-hydrogen) atoms. The molecule has 1 aromatic heterocycles. The van der Waals surface area contributed by atoms with Gasteiger partial charge in [-0.1, -0.05) is 13.8 Å². The van der Waals surface area contributed by atoms with E-state index < -0.39 is 0 Å². The van der Waals surface area contributed by atoms with E-state index in [1.54, 1.807) is 0 Å². The van der Waals surface area contributed by atoms with Gasteiger partial charge in [0.15, 0.2) is 0 Å². The molecule has 0 radical (unpaired) electrons. The molecule has 0 saturated heterocycles. The van der Waals surface area contributed by atoms with Crippen LogP contribution < -0.4 is 5.32 Å². The van der Waals surface area contributed by atoms with Gasteiger partial charge in [-0.05, 0) is 52.0 Å². The van der Waals surface area contributed by atoms with Gasteiger partial charge in [-0.2, -0.15) is 16.9 Å². The summed E-state index contributed by atoms with van der Waals surface area (Å²) in [5.74, 6) is 1.21. The Labute approximate surface area is 128 Å². The molecule has 0 fully saturated rings. The standard InChI is InChI=1S/C16H31N3S/c1-7-14-13(12-17-16(3,4)5)15(8-2)19(18-14)10-9-11-20-6/h17H,7-12H2,1-6H3. The third-order valence-electron chi connectivity index (χ3n) is 3.43. The van der Waals surface area contributed by atoms with Crippen LogP contribution in [0.15, 0.2) is 0 Å². The van der Waals surface area contributed by atoms with Crippen LogP contribution in [-0.4, -0.2) is 27.3 Å². The summed E-state index contributed by atoms with van der Waals surface area (Å²) in [4.78, 5) is 0. The van der Waals surface area contributed by atoms with Gasteiger partial charge in [-0.3, -0.25) is 4.68 Å². The van der Waals surface area contributed by atoms with Gasteiger partial charge in [0.1, 0.15) is 0 Å². The van der Waals surface area contributed by atoms with E-state index >= 15 is 0 Å². The van der Waals surface area contributed by atoms with E-state index in [4.69, 9.17) is 5.10 Å². The predicted molar refractivity (Wildman–Crippen MR) is 90.6 cm³/mol. The number of hydrogen-bond donors (Lipinski definition) is 1. The zero-order valence-corrected chi connectivity index (χ0v) is 14.9. The number of rotatable bonds is 8. The third-order valence-corrected chi connectivity index (χ3v) is 4.13. The van der Waals surface area contributed by atoms with Crippen molar-refractivity contribution in [3.8, 4) is 0 Å². The number of thioether (sulfide) groups is 1. The van der Waals surface area contributed by atoms with Gasteiger partial charge in [0, 0.05) is 29.9 Å². The highest BCUT2D eigenvalue weighted by Crippen LogP contribution is 2.18. The van der Waals surface area contributed by atoms with E-state index in [2.05, 4.69) is 50.9 Å². The highest BCUT2D eigenvalue weighted by Gasteiger charge is 2.17. The molecule has 116 valence electrons. The lowest BCUT2D eigenvalue weighted by atomic mass is 10.1. The molecule has 0 amide bonds. The second-order valence-electron chi connectivity index (χ2n) is 6.25. The Hall–Kier alpha value is -0.480. The first-order valence-electron chi connectivity index (χ1n) is 7.74. The monoisotopic (exact) mass is 297 g/mol. The Morgan fingerprint density at radius 2 is 1.90 bits per heavy atom. The van der Waals surface area contributed by atoms with Gasteiger partial charge in [0.05, 0.1) is 5.69 Å². The average molecular weight is 298 g/mol. The van der Waals surface area contributed by atoms with Crippen molar-refractivity contribution in [3.63, 3.8) is 0 Å². The fraction of sp³-hybridized carbons (Fsp3) is 0.812. The van der Waals surface area contributed by atoms with Crippen molar-refractivity contribution in [1.82, 2.24) is 15.1 Å². The molecule has 0 aromatic carbocycles. The molecule has 0 saturated carbocycles. The molecule has 0 aliphatic carbocycles. The number of hydrogen-bond acceptors (Lipinski definition) is 3. The summed E-state index contributed by atoms with van der Waals surface area (Å²) in [5.41, 5.74) is 4.26. The van der Waals surface area contributed by atoms with Gasteiger partial charge in [0.25, 0.3) is 0 Å². The lowest BCUT2D eigenvalue weighted by molar-refractivity contribution is 0.422. The van der Waals surface area contributed by atoms with Gasteiger partial charge < -0.3 is 5.32 Å². The molecule has 4 heteroatoms. The summed E-state index contributed by atoms with van der Waals surface area (Å²) in [6.45, 7) is 13.1. The van der Waals surface area contributed by atoms with Crippen LogP contribution in [0.4, 0.5) is 0 Å². The Balaban J connectivity index is 2.89. The minimum absolute atomic E-state index is 0.150. The van der Waals surface area contributed by atoms with Crippen LogP contribution in [0.2, 0.25) is 0 Å². The van der Waals surface area contributed by atoms with Crippen molar-refractivity contribution in [2.24, 2.45) is 0 Å². The SMILES string of the molecule is CCc1nn(CCCSC)c(CC)c1CNC(C)(C)C. The molecule has 1 heterocycles. The van der Waals surface area contributed by atoms with Gasteiger partial charge in [-0.25, -0.2) is 0 Å². The maximum atomic E-state index is 4.84. The van der Waals surface area contributed by atoms with Crippen molar-refractivity contribution < 1.29 is 0 Å². The van der Waals surface area contributed by atoms with Crippen molar-refractivity contribution in [1.29, 1.82) is 0 Å². The van der Waals surface area contributed by atoms with Gasteiger partial charge >= 0.3 is 0 Å². The van der Waals surface area contributed by atoms with Crippen LogP contribution in [0.3, 0.4) is 0 Å². The van der Waals surface area contributed by atoms with Crippen LogP contribution in [0.5, 0.6) is 0 Å². The molecule has 0 unspecified atom stereocenters. The third kappa shape index (κ3) is 5.13. The first-order valence-corrected chi connectivity index (χ1v) is 9.13. The zero-order valence-electron chi connectivity index (χ0n) is 14.0. The second kappa shape index (κ2) is 8.08. The summed E-state index contributed by atoms with van der Waals surface area (Å²) < 4.78 is 2.24. The summed E-state index contributed by atoms with van der Waals surface area (Å²) in [6.07, 6.45) is 5.45. The Kier molecular flexibility index (Phi) is 7.10.